The number of hydrogen-bond acceptors (Lipinski definition) is 3. The van der Waals surface area contributed by atoms with Crippen molar-refractivity contribution in [2.45, 2.75) is 51.7 Å². The topological polar surface area (TPSA) is 41.4 Å². The number of aryl methyl sites for hydroxylation is 1. The van der Waals surface area contributed by atoms with Gasteiger partial charge in [-0.1, -0.05) is 6.42 Å². The first kappa shape index (κ1) is 15.0. The third-order valence-electron chi connectivity index (χ3n) is 4.19. The third-order valence-corrected chi connectivity index (χ3v) is 4.19. The second-order valence-electron chi connectivity index (χ2n) is 6.01. The van der Waals surface area contributed by atoms with Gasteiger partial charge < -0.3 is 9.47 Å². The molecule has 0 spiro atoms. The fourth-order valence-corrected chi connectivity index (χ4v) is 2.79. The van der Waals surface area contributed by atoms with Crippen LogP contribution in [-0.2, 0) is 18.4 Å². The van der Waals surface area contributed by atoms with E-state index in [1.807, 2.05) is 22.7 Å². The summed E-state index contributed by atoms with van der Waals surface area (Å²) in [5.74, 6) is 1.18. The smallest absolute Gasteiger partial charge is 0.240 e. The highest BCUT2D eigenvalue weighted by molar-refractivity contribution is 5.82. The number of likely N-dealkylation sites (tertiary alicyclic amines) is 1. The lowest BCUT2D eigenvalue weighted by Gasteiger charge is -2.37. The molecule has 5 heteroatoms. The van der Waals surface area contributed by atoms with E-state index < -0.39 is 0 Å². The first-order valence-corrected chi connectivity index (χ1v) is 7.47. The second kappa shape index (κ2) is 6.39. The third kappa shape index (κ3) is 3.20. The molecule has 1 saturated heterocycles. The molecule has 1 aromatic heterocycles. The molecule has 0 saturated carbocycles. The standard InChI is InChI=1S/C15H26N4O/c1-12(2)19(11-14-16-8-10-18(14)4)15(20)13-7-5-6-9-17(13)3/h8,10,12-13H,5-7,9,11H2,1-4H3. The van der Waals surface area contributed by atoms with Gasteiger partial charge in [0.2, 0.25) is 5.91 Å². The lowest BCUT2D eigenvalue weighted by atomic mass is 10.0. The molecule has 2 rings (SSSR count). The Balaban J connectivity index is 2.11. The molecule has 0 bridgehead atoms. The molecule has 0 radical (unpaired) electrons. The molecule has 1 atom stereocenters. The van der Waals surface area contributed by atoms with Crippen molar-refractivity contribution in [3.05, 3.63) is 18.2 Å². The van der Waals surface area contributed by atoms with E-state index in [1.54, 1.807) is 6.20 Å². The predicted molar refractivity (Wildman–Crippen MR) is 79.2 cm³/mol. The molecule has 20 heavy (non-hydrogen) atoms. The maximum Gasteiger partial charge on any atom is 0.240 e. The molecule has 1 aliphatic rings. The summed E-state index contributed by atoms with van der Waals surface area (Å²) in [6.45, 7) is 5.75. The number of likely N-dealkylation sites (N-methyl/N-ethyl adjacent to an activating group) is 1. The number of carbonyl (C=O) groups excluding carboxylic acids is 1. The maximum atomic E-state index is 12.8. The summed E-state index contributed by atoms with van der Waals surface area (Å²) in [5.41, 5.74) is 0. The van der Waals surface area contributed by atoms with Crippen LogP contribution in [0.25, 0.3) is 0 Å². The molecule has 0 aromatic carbocycles. The van der Waals surface area contributed by atoms with Crippen molar-refractivity contribution < 1.29 is 4.79 Å². The number of amides is 1. The quantitative estimate of drug-likeness (QED) is 0.841. The van der Waals surface area contributed by atoms with Gasteiger partial charge in [0.15, 0.2) is 0 Å². The van der Waals surface area contributed by atoms with Gasteiger partial charge in [-0.15, -0.1) is 0 Å². The average Bonchev–Trinajstić information content (AvgIpc) is 2.81. The van der Waals surface area contributed by atoms with Crippen molar-refractivity contribution in [2.75, 3.05) is 13.6 Å². The molecular formula is C15H26N4O. The fourth-order valence-electron chi connectivity index (χ4n) is 2.79. The molecular weight excluding hydrogens is 252 g/mol. The van der Waals surface area contributed by atoms with E-state index in [0.717, 1.165) is 25.2 Å². The number of nitrogens with zero attached hydrogens (tertiary/aromatic N) is 4. The summed E-state index contributed by atoms with van der Waals surface area (Å²) in [6.07, 6.45) is 7.02. The van der Waals surface area contributed by atoms with Gasteiger partial charge in [-0.25, -0.2) is 4.98 Å². The van der Waals surface area contributed by atoms with E-state index in [2.05, 4.69) is 30.8 Å². The fraction of sp³-hybridized carbons (Fsp3) is 0.733. The zero-order valence-corrected chi connectivity index (χ0v) is 13.0. The Hall–Kier alpha value is -1.36. The van der Waals surface area contributed by atoms with Crippen LogP contribution in [0.5, 0.6) is 0 Å². The minimum atomic E-state index is 0.0337. The first-order valence-electron chi connectivity index (χ1n) is 7.47. The van der Waals surface area contributed by atoms with E-state index in [9.17, 15) is 4.79 Å². The molecule has 112 valence electrons. The van der Waals surface area contributed by atoms with Gasteiger partial charge >= 0.3 is 0 Å². The Morgan fingerprint density at radius 2 is 2.20 bits per heavy atom. The van der Waals surface area contributed by atoms with E-state index >= 15 is 0 Å². The van der Waals surface area contributed by atoms with Gasteiger partial charge in [-0.3, -0.25) is 9.69 Å². The SMILES string of the molecule is CC(C)N(Cc1nccn1C)C(=O)C1CCCCN1C. The predicted octanol–water partition coefficient (Wildman–Crippen LogP) is 1.64. The van der Waals surface area contributed by atoms with Crippen LogP contribution in [0.3, 0.4) is 0 Å². The van der Waals surface area contributed by atoms with Crippen LogP contribution < -0.4 is 0 Å². The summed E-state index contributed by atoms with van der Waals surface area (Å²) in [7, 11) is 4.03. The molecule has 0 N–H and O–H groups in total. The number of piperidine rings is 1. The largest absolute Gasteiger partial charge is 0.337 e. The van der Waals surface area contributed by atoms with Gasteiger partial charge in [0.1, 0.15) is 5.82 Å². The summed E-state index contributed by atoms with van der Waals surface area (Å²) < 4.78 is 1.98. The Labute approximate surface area is 121 Å². The van der Waals surface area contributed by atoms with Crippen LogP contribution in [-0.4, -0.2) is 50.9 Å². The van der Waals surface area contributed by atoms with Crippen LogP contribution in [0.2, 0.25) is 0 Å². The molecule has 1 fully saturated rings. The lowest BCUT2D eigenvalue weighted by Crippen LogP contribution is -2.51. The van der Waals surface area contributed by atoms with E-state index in [1.165, 1.54) is 6.42 Å². The molecule has 1 amide bonds. The van der Waals surface area contributed by atoms with Crippen molar-refractivity contribution in [3.63, 3.8) is 0 Å². The minimum absolute atomic E-state index is 0.0337. The van der Waals surface area contributed by atoms with Crippen LogP contribution in [0.15, 0.2) is 12.4 Å². The van der Waals surface area contributed by atoms with Crippen LogP contribution in [0, 0.1) is 0 Å². The summed E-state index contributed by atoms with van der Waals surface area (Å²) in [4.78, 5) is 21.3. The minimum Gasteiger partial charge on any atom is -0.337 e. The van der Waals surface area contributed by atoms with Crippen molar-refractivity contribution in [1.82, 2.24) is 19.4 Å². The van der Waals surface area contributed by atoms with Gasteiger partial charge in [0.05, 0.1) is 12.6 Å². The van der Waals surface area contributed by atoms with Crippen molar-refractivity contribution in [1.29, 1.82) is 0 Å². The Kier molecular flexibility index (Phi) is 4.81. The van der Waals surface area contributed by atoms with Crippen LogP contribution in [0.1, 0.15) is 38.9 Å². The summed E-state index contributed by atoms with van der Waals surface area (Å²) >= 11 is 0. The van der Waals surface area contributed by atoms with E-state index in [-0.39, 0.29) is 18.0 Å². The van der Waals surface area contributed by atoms with Crippen LogP contribution >= 0.6 is 0 Å². The second-order valence-corrected chi connectivity index (χ2v) is 6.01. The van der Waals surface area contributed by atoms with Crippen molar-refractivity contribution in [3.8, 4) is 0 Å². The molecule has 1 unspecified atom stereocenters. The van der Waals surface area contributed by atoms with E-state index in [0.29, 0.717) is 6.54 Å². The zero-order chi connectivity index (χ0) is 14.7. The maximum absolute atomic E-state index is 12.8. The van der Waals surface area contributed by atoms with Gasteiger partial charge in [-0.05, 0) is 40.3 Å². The van der Waals surface area contributed by atoms with Crippen LogP contribution in [0.4, 0.5) is 0 Å². The number of carbonyl (C=O) groups is 1. The Morgan fingerprint density at radius 1 is 1.45 bits per heavy atom. The number of aromatic nitrogens is 2. The number of rotatable bonds is 4. The average molecular weight is 278 g/mol. The Bertz CT molecular complexity index is 454. The molecule has 1 aliphatic heterocycles. The van der Waals surface area contributed by atoms with Gasteiger partial charge in [0.25, 0.3) is 0 Å². The lowest BCUT2D eigenvalue weighted by molar-refractivity contribution is -0.140. The highest BCUT2D eigenvalue weighted by atomic mass is 16.2. The molecule has 1 aromatic rings. The first-order chi connectivity index (χ1) is 9.50. The summed E-state index contributed by atoms with van der Waals surface area (Å²) in [6, 6.07) is 0.223. The highest BCUT2D eigenvalue weighted by Gasteiger charge is 2.31. The Morgan fingerprint density at radius 3 is 2.75 bits per heavy atom. The number of imidazole rings is 1. The zero-order valence-electron chi connectivity index (χ0n) is 13.0. The van der Waals surface area contributed by atoms with Gasteiger partial charge in [-0.2, -0.15) is 0 Å². The normalized spacial score (nSPS) is 20.4. The monoisotopic (exact) mass is 278 g/mol. The van der Waals surface area contributed by atoms with E-state index in [4.69, 9.17) is 0 Å². The summed E-state index contributed by atoms with van der Waals surface area (Å²) in [5, 5.41) is 0. The van der Waals surface area contributed by atoms with Crippen molar-refractivity contribution in [2.24, 2.45) is 7.05 Å². The molecule has 2 heterocycles. The molecule has 0 aliphatic carbocycles. The molecule has 5 nitrogen and oxygen atoms in total. The van der Waals surface area contributed by atoms with Gasteiger partial charge in [0, 0.05) is 25.5 Å². The number of hydrogen-bond donors (Lipinski definition) is 0. The van der Waals surface area contributed by atoms with Crippen molar-refractivity contribution >= 4 is 5.91 Å². The highest BCUT2D eigenvalue weighted by Crippen LogP contribution is 2.19.